The zero-order valence-electron chi connectivity index (χ0n) is 18.7. The number of rotatable bonds is 2. The number of hydrogen-bond acceptors (Lipinski definition) is 4. The first-order valence-electron chi connectivity index (χ1n) is 12.1. The molecule has 2 unspecified atom stereocenters. The van der Waals surface area contributed by atoms with Crippen LogP contribution in [0.3, 0.4) is 0 Å². The first-order chi connectivity index (χ1) is 14.6. The van der Waals surface area contributed by atoms with Gasteiger partial charge in [-0.3, -0.25) is 0 Å². The molecule has 1 fully saturated rings. The smallest absolute Gasteiger partial charge is 0.135 e. The van der Waals surface area contributed by atoms with Gasteiger partial charge in [0.25, 0.3) is 0 Å². The predicted molar refractivity (Wildman–Crippen MR) is 124 cm³/mol. The molecule has 0 bridgehead atoms. The van der Waals surface area contributed by atoms with E-state index in [1.165, 1.54) is 73.1 Å². The van der Waals surface area contributed by atoms with Gasteiger partial charge in [-0.25, -0.2) is 9.97 Å². The van der Waals surface area contributed by atoms with Crippen LogP contribution < -0.4 is 10.6 Å². The van der Waals surface area contributed by atoms with E-state index in [1.807, 2.05) is 0 Å². The first-order valence-corrected chi connectivity index (χ1v) is 12.1. The van der Waals surface area contributed by atoms with E-state index in [1.54, 1.807) is 0 Å². The van der Waals surface area contributed by atoms with Gasteiger partial charge < -0.3 is 10.6 Å². The van der Waals surface area contributed by atoms with Crippen molar-refractivity contribution in [2.24, 2.45) is 5.92 Å². The molecule has 1 saturated heterocycles. The van der Waals surface area contributed by atoms with Crippen molar-refractivity contribution in [2.75, 3.05) is 23.7 Å². The Hall–Kier alpha value is -2.10. The highest BCUT2D eigenvalue weighted by Gasteiger charge is 2.41. The number of nitrogen functional groups attached to an aromatic ring is 1. The highest BCUT2D eigenvalue weighted by Crippen LogP contribution is 2.48. The van der Waals surface area contributed by atoms with Crippen molar-refractivity contribution in [1.82, 2.24) is 9.97 Å². The van der Waals surface area contributed by atoms with Crippen LogP contribution in [0.5, 0.6) is 0 Å². The van der Waals surface area contributed by atoms with Gasteiger partial charge in [0.05, 0.1) is 5.69 Å². The summed E-state index contributed by atoms with van der Waals surface area (Å²) < 4.78 is 0. The van der Waals surface area contributed by atoms with E-state index in [0.29, 0.717) is 0 Å². The maximum Gasteiger partial charge on any atom is 0.135 e. The lowest BCUT2D eigenvalue weighted by molar-refractivity contribution is 0.312. The monoisotopic (exact) mass is 404 g/mol. The van der Waals surface area contributed by atoms with Crippen LogP contribution in [0.4, 0.5) is 11.5 Å². The second kappa shape index (κ2) is 7.86. The highest BCUT2D eigenvalue weighted by molar-refractivity contribution is 5.55. The summed E-state index contributed by atoms with van der Waals surface area (Å²) in [5.41, 5.74) is 13.1. The number of hydrogen-bond donors (Lipinski definition) is 1. The molecule has 0 amide bonds. The van der Waals surface area contributed by atoms with Crippen LogP contribution in [-0.2, 0) is 31.1 Å². The van der Waals surface area contributed by atoms with E-state index in [9.17, 15) is 0 Å². The molecule has 5 rings (SSSR count). The zero-order chi connectivity index (χ0) is 20.7. The largest absolute Gasteiger partial charge is 0.399 e. The molecule has 1 spiro atoms. The number of fused-ring (bicyclic) bond motifs is 3. The van der Waals surface area contributed by atoms with Gasteiger partial charge in [-0.05, 0) is 80.5 Å². The Balaban J connectivity index is 1.56. The van der Waals surface area contributed by atoms with Crippen LogP contribution in [0.2, 0.25) is 0 Å². The van der Waals surface area contributed by atoms with Gasteiger partial charge in [-0.2, -0.15) is 0 Å². The summed E-state index contributed by atoms with van der Waals surface area (Å²) in [7, 11) is 0. The third-order valence-corrected chi connectivity index (χ3v) is 7.81. The second-order valence-electron chi connectivity index (χ2n) is 10.0. The standard InChI is InChI=1S/C26H36N4/c1-3-24-28-23-16-26(12-6-8-19-9-10-20(27)15-22(19)26)13-11-21(23)25(29-24)30-14-5-4-7-18(2)17-30/h9-10,15,18H,3-8,11-14,16-17,27H2,1-2H3. The lowest BCUT2D eigenvalue weighted by Gasteiger charge is -2.43. The van der Waals surface area contributed by atoms with Crippen molar-refractivity contribution >= 4 is 11.5 Å². The normalized spacial score (nSPS) is 26.2. The van der Waals surface area contributed by atoms with E-state index in [2.05, 4.69) is 36.9 Å². The molecule has 4 nitrogen and oxygen atoms in total. The lowest BCUT2D eigenvalue weighted by Crippen LogP contribution is -2.39. The third kappa shape index (κ3) is 3.48. The summed E-state index contributed by atoms with van der Waals surface area (Å²) in [6.07, 6.45) is 11.9. The molecule has 0 saturated carbocycles. The van der Waals surface area contributed by atoms with Gasteiger partial charge in [-0.15, -0.1) is 0 Å². The van der Waals surface area contributed by atoms with Crippen molar-refractivity contribution < 1.29 is 0 Å². The maximum atomic E-state index is 6.23. The Bertz CT molecular complexity index is 937. The highest BCUT2D eigenvalue weighted by atomic mass is 15.2. The fourth-order valence-electron chi connectivity index (χ4n) is 6.21. The molecule has 3 aliphatic rings. The van der Waals surface area contributed by atoms with E-state index in [0.717, 1.165) is 49.8 Å². The molecular formula is C26H36N4. The lowest BCUT2D eigenvalue weighted by atomic mass is 9.62. The average Bonchev–Trinajstić information content (AvgIpc) is 2.97. The van der Waals surface area contributed by atoms with Crippen LogP contribution in [-0.4, -0.2) is 23.1 Å². The minimum Gasteiger partial charge on any atom is -0.399 e. The maximum absolute atomic E-state index is 6.23. The molecule has 2 atom stereocenters. The van der Waals surface area contributed by atoms with Crippen molar-refractivity contribution in [2.45, 2.75) is 83.5 Å². The molecule has 2 aliphatic carbocycles. The van der Waals surface area contributed by atoms with E-state index < -0.39 is 0 Å². The first kappa shape index (κ1) is 19.8. The van der Waals surface area contributed by atoms with Crippen molar-refractivity contribution in [1.29, 1.82) is 0 Å². The Morgan fingerprint density at radius 1 is 1.13 bits per heavy atom. The summed E-state index contributed by atoms with van der Waals surface area (Å²) in [6.45, 7) is 6.86. The van der Waals surface area contributed by atoms with Crippen LogP contribution in [0.1, 0.15) is 80.6 Å². The van der Waals surface area contributed by atoms with Crippen LogP contribution in [0.25, 0.3) is 0 Å². The molecule has 2 aromatic rings. The molecule has 2 heterocycles. The molecular weight excluding hydrogens is 368 g/mol. The fraction of sp³-hybridized carbons (Fsp3) is 0.615. The van der Waals surface area contributed by atoms with Crippen molar-refractivity contribution in [3.63, 3.8) is 0 Å². The van der Waals surface area contributed by atoms with E-state index >= 15 is 0 Å². The van der Waals surface area contributed by atoms with Gasteiger partial charge >= 0.3 is 0 Å². The Morgan fingerprint density at radius 3 is 2.90 bits per heavy atom. The summed E-state index contributed by atoms with van der Waals surface area (Å²) in [5, 5.41) is 0. The molecule has 4 heteroatoms. The number of aromatic nitrogens is 2. The van der Waals surface area contributed by atoms with Crippen LogP contribution in [0.15, 0.2) is 18.2 Å². The van der Waals surface area contributed by atoms with Gasteiger partial charge in [0, 0.05) is 36.2 Å². The number of anilines is 2. The molecule has 160 valence electrons. The molecule has 1 aliphatic heterocycles. The summed E-state index contributed by atoms with van der Waals surface area (Å²) in [4.78, 5) is 12.8. The minimum atomic E-state index is 0.207. The van der Waals surface area contributed by atoms with Gasteiger partial charge in [-0.1, -0.05) is 26.3 Å². The predicted octanol–water partition coefficient (Wildman–Crippen LogP) is 5.01. The third-order valence-electron chi connectivity index (χ3n) is 7.81. The molecule has 30 heavy (non-hydrogen) atoms. The van der Waals surface area contributed by atoms with Crippen molar-refractivity contribution in [3.05, 3.63) is 46.4 Å². The summed E-state index contributed by atoms with van der Waals surface area (Å²) >= 11 is 0. The average molecular weight is 405 g/mol. The number of aryl methyl sites for hydroxylation is 2. The quantitative estimate of drug-likeness (QED) is 0.715. The minimum absolute atomic E-state index is 0.207. The fourth-order valence-corrected chi connectivity index (χ4v) is 6.21. The molecule has 2 N–H and O–H groups in total. The summed E-state index contributed by atoms with van der Waals surface area (Å²) in [6, 6.07) is 6.60. The summed E-state index contributed by atoms with van der Waals surface area (Å²) in [5.74, 6) is 3.01. The second-order valence-corrected chi connectivity index (χ2v) is 10.0. The topological polar surface area (TPSA) is 55.0 Å². The Kier molecular flexibility index (Phi) is 5.20. The van der Waals surface area contributed by atoms with Crippen LogP contribution in [0, 0.1) is 5.92 Å². The zero-order valence-corrected chi connectivity index (χ0v) is 18.7. The van der Waals surface area contributed by atoms with Crippen LogP contribution >= 0.6 is 0 Å². The van der Waals surface area contributed by atoms with Crippen molar-refractivity contribution in [3.8, 4) is 0 Å². The Morgan fingerprint density at radius 2 is 2.03 bits per heavy atom. The van der Waals surface area contributed by atoms with E-state index in [-0.39, 0.29) is 5.41 Å². The number of nitrogens with two attached hydrogens (primary N) is 1. The SMILES string of the molecule is CCc1nc2c(c(N3CCCCC(C)C3)n1)CCC1(CCCc3ccc(N)cc31)C2. The number of benzene rings is 1. The molecule has 1 aromatic heterocycles. The molecule has 0 radical (unpaired) electrons. The van der Waals surface area contributed by atoms with Gasteiger partial charge in [0.2, 0.25) is 0 Å². The molecule has 1 aromatic carbocycles. The number of nitrogens with zero attached hydrogens (tertiary/aromatic N) is 3. The van der Waals surface area contributed by atoms with Gasteiger partial charge in [0.1, 0.15) is 11.6 Å². The van der Waals surface area contributed by atoms with Gasteiger partial charge in [0.15, 0.2) is 0 Å². The van der Waals surface area contributed by atoms with E-state index in [4.69, 9.17) is 15.7 Å². The Labute approximate surface area is 181 Å².